The normalized spacial score (nSPS) is 14.5. The van der Waals surface area contributed by atoms with Gasteiger partial charge >= 0.3 is 6.18 Å². The lowest BCUT2D eigenvalue weighted by atomic mass is 10.1. The number of amides is 1. The van der Waals surface area contributed by atoms with Crippen LogP contribution in [0.15, 0.2) is 24.3 Å². The fraction of sp³-hybridized carbons (Fsp3) is 0.421. The SMILES string of the molecule is CN(C)c1ccc(NC(=O)c2cc3c(s2)CCCCC3)c(C(F)(F)F)c1. The van der Waals surface area contributed by atoms with Crippen LogP contribution in [0, 0.1) is 0 Å². The maximum absolute atomic E-state index is 13.4. The summed E-state index contributed by atoms with van der Waals surface area (Å²) in [6.45, 7) is 0. The number of aryl methyl sites for hydroxylation is 2. The standard InChI is InChI=1S/C19H21F3N2OS/c1-24(2)13-8-9-15(14(11-13)19(20,21)22)23-18(25)17-10-12-6-4-3-5-7-16(12)26-17/h8-11H,3-7H2,1-2H3,(H,23,25). The van der Waals surface area contributed by atoms with Crippen molar-refractivity contribution in [3.8, 4) is 0 Å². The third-order valence-electron chi connectivity index (χ3n) is 4.54. The molecule has 1 heterocycles. The summed E-state index contributed by atoms with van der Waals surface area (Å²) in [5, 5.41) is 2.46. The van der Waals surface area contributed by atoms with Gasteiger partial charge in [0.05, 0.1) is 16.1 Å². The van der Waals surface area contributed by atoms with E-state index in [2.05, 4.69) is 5.32 Å². The summed E-state index contributed by atoms with van der Waals surface area (Å²) >= 11 is 1.40. The third-order valence-corrected chi connectivity index (χ3v) is 5.78. The van der Waals surface area contributed by atoms with Gasteiger partial charge < -0.3 is 10.2 Å². The number of hydrogen-bond acceptors (Lipinski definition) is 3. The van der Waals surface area contributed by atoms with Gasteiger partial charge in [-0.3, -0.25) is 4.79 Å². The van der Waals surface area contributed by atoms with E-state index in [-0.39, 0.29) is 5.69 Å². The summed E-state index contributed by atoms with van der Waals surface area (Å²) in [7, 11) is 3.35. The predicted octanol–water partition coefficient (Wildman–Crippen LogP) is 5.35. The van der Waals surface area contributed by atoms with Gasteiger partial charge in [-0.25, -0.2) is 0 Å². The second kappa shape index (κ2) is 7.31. The number of hydrogen-bond donors (Lipinski definition) is 1. The van der Waals surface area contributed by atoms with Crippen molar-refractivity contribution in [2.75, 3.05) is 24.3 Å². The van der Waals surface area contributed by atoms with Crippen LogP contribution in [0.3, 0.4) is 0 Å². The maximum atomic E-state index is 13.4. The van der Waals surface area contributed by atoms with Gasteiger partial charge in [0.15, 0.2) is 0 Å². The molecule has 1 aromatic carbocycles. The Labute approximate surface area is 154 Å². The maximum Gasteiger partial charge on any atom is 0.418 e. The summed E-state index contributed by atoms with van der Waals surface area (Å²) in [6.07, 6.45) is 0.703. The van der Waals surface area contributed by atoms with Crippen LogP contribution in [0.4, 0.5) is 24.5 Å². The van der Waals surface area contributed by atoms with E-state index >= 15 is 0 Å². The van der Waals surface area contributed by atoms with Crippen molar-refractivity contribution < 1.29 is 18.0 Å². The highest BCUT2D eigenvalue weighted by molar-refractivity contribution is 7.14. The molecule has 0 radical (unpaired) electrons. The molecule has 0 spiro atoms. The molecule has 1 N–H and O–H groups in total. The van der Waals surface area contributed by atoms with Crippen molar-refractivity contribution in [3.63, 3.8) is 0 Å². The Kier molecular flexibility index (Phi) is 5.27. The fourth-order valence-electron chi connectivity index (χ4n) is 3.12. The van der Waals surface area contributed by atoms with Crippen LogP contribution in [0.5, 0.6) is 0 Å². The lowest BCUT2D eigenvalue weighted by molar-refractivity contribution is -0.136. The number of thiophene rings is 1. The molecule has 26 heavy (non-hydrogen) atoms. The number of nitrogens with zero attached hydrogens (tertiary/aromatic N) is 1. The Bertz CT molecular complexity index is 788. The lowest BCUT2D eigenvalue weighted by Gasteiger charge is -2.18. The molecular weight excluding hydrogens is 361 g/mol. The van der Waals surface area contributed by atoms with Crippen molar-refractivity contribution in [1.82, 2.24) is 0 Å². The highest BCUT2D eigenvalue weighted by atomic mass is 32.1. The van der Waals surface area contributed by atoms with Crippen molar-refractivity contribution in [1.29, 1.82) is 0 Å². The minimum absolute atomic E-state index is 0.211. The first-order valence-corrected chi connectivity index (χ1v) is 9.39. The molecule has 0 saturated heterocycles. The Morgan fingerprint density at radius 2 is 1.85 bits per heavy atom. The number of carbonyl (C=O) groups excluding carboxylic acids is 1. The monoisotopic (exact) mass is 382 g/mol. The van der Waals surface area contributed by atoms with Gasteiger partial charge in [-0.05, 0) is 55.5 Å². The smallest absolute Gasteiger partial charge is 0.378 e. The number of rotatable bonds is 3. The Balaban J connectivity index is 1.87. The predicted molar refractivity (Wildman–Crippen MR) is 99.3 cm³/mol. The molecule has 2 aromatic rings. The summed E-state index contributed by atoms with van der Waals surface area (Å²) in [5.74, 6) is -0.480. The number of alkyl halides is 3. The summed E-state index contributed by atoms with van der Waals surface area (Å²) < 4.78 is 40.2. The quantitative estimate of drug-likeness (QED) is 0.726. The van der Waals surface area contributed by atoms with E-state index in [1.54, 1.807) is 25.1 Å². The second-order valence-corrected chi connectivity index (χ2v) is 7.83. The van der Waals surface area contributed by atoms with E-state index in [9.17, 15) is 18.0 Å². The number of fused-ring (bicyclic) bond motifs is 1. The first-order valence-electron chi connectivity index (χ1n) is 8.57. The van der Waals surface area contributed by atoms with Crippen LogP contribution in [0.1, 0.15) is 44.9 Å². The van der Waals surface area contributed by atoms with Crippen LogP contribution in [-0.4, -0.2) is 20.0 Å². The number of nitrogens with one attached hydrogen (secondary N) is 1. The molecular formula is C19H21F3N2OS. The molecule has 0 atom stereocenters. The molecule has 1 aliphatic rings. The largest absolute Gasteiger partial charge is 0.418 e. The molecule has 0 fully saturated rings. The summed E-state index contributed by atoms with van der Waals surface area (Å²) in [6, 6.07) is 5.77. The van der Waals surface area contributed by atoms with Crippen LogP contribution >= 0.6 is 11.3 Å². The minimum Gasteiger partial charge on any atom is -0.378 e. The number of benzene rings is 1. The third kappa shape index (κ3) is 4.03. The number of halogens is 3. The average Bonchev–Trinajstić information content (AvgIpc) is 2.85. The fourth-order valence-corrected chi connectivity index (χ4v) is 4.27. The Morgan fingerprint density at radius 3 is 2.54 bits per heavy atom. The van der Waals surface area contributed by atoms with Gasteiger partial charge in [-0.1, -0.05) is 6.42 Å². The van der Waals surface area contributed by atoms with E-state index in [1.165, 1.54) is 28.7 Å². The van der Waals surface area contributed by atoms with Gasteiger partial charge in [0, 0.05) is 24.7 Å². The molecule has 1 aliphatic carbocycles. The molecule has 3 nitrogen and oxygen atoms in total. The molecule has 1 aromatic heterocycles. The lowest BCUT2D eigenvalue weighted by Crippen LogP contribution is -2.17. The molecule has 3 rings (SSSR count). The summed E-state index contributed by atoms with van der Waals surface area (Å²) in [4.78, 5) is 15.8. The highest BCUT2D eigenvalue weighted by Gasteiger charge is 2.34. The van der Waals surface area contributed by atoms with Gasteiger partial charge in [0.2, 0.25) is 0 Å². The van der Waals surface area contributed by atoms with Crippen LogP contribution < -0.4 is 10.2 Å². The van der Waals surface area contributed by atoms with Crippen molar-refractivity contribution in [3.05, 3.63) is 45.1 Å². The van der Waals surface area contributed by atoms with Crippen LogP contribution in [0.2, 0.25) is 0 Å². The Morgan fingerprint density at radius 1 is 1.12 bits per heavy atom. The van der Waals surface area contributed by atoms with Gasteiger partial charge in [-0.15, -0.1) is 11.3 Å². The molecule has 0 aliphatic heterocycles. The van der Waals surface area contributed by atoms with Crippen LogP contribution in [-0.2, 0) is 19.0 Å². The van der Waals surface area contributed by atoms with Crippen molar-refractivity contribution >= 4 is 28.6 Å². The van der Waals surface area contributed by atoms with Gasteiger partial charge in [0.1, 0.15) is 0 Å². The molecule has 7 heteroatoms. The zero-order chi connectivity index (χ0) is 18.9. The topological polar surface area (TPSA) is 32.3 Å². The molecule has 1 amide bonds. The van der Waals surface area contributed by atoms with Gasteiger partial charge in [-0.2, -0.15) is 13.2 Å². The molecule has 140 valence electrons. The molecule has 0 unspecified atom stereocenters. The highest BCUT2D eigenvalue weighted by Crippen LogP contribution is 2.37. The molecule has 0 bridgehead atoms. The second-order valence-electron chi connectivity index (χ2n) is 6.70. The average molecular weight is 382 g/mol. The van der Waals surface area contributed by atoms with E-state index < -0.39 is 17.6 Å². The van der Waals surface area contributed by atoms with Gasteiger partial charge in [0.25, 0.3) is 5.91 Å². The van der Waals surface area contributed by atoms with E-state index in [0.717, 1.165) is 37.3 Å². The first kappa shape index (κ1) is 18.8. The molecule has 0 saturated carbocycles. The first-order chi connectivity index (χ1) is 12.3. The Hall–Kier alpha value is -2.02. The zero-order valence-electron chi connectivity index (χ0n) is 14.7. The number of anilines is 2. The van der Waals surface area contributed by atoms with Crippen LogP contribution in [0.25, 0.3) is 0 Å². The minimum atomic E-state index is -4.54. The van der Waals surface area contributed by atoms with E-state index in [1.807, 2.05) is 6.07 Å². The number of carbonyl (C=O) groups is 1. The summed E-state index contributed by atoms with van der Waals surface area (Å²) in [5.41, 5.74) is 0.543. The van der Waals surface area contributed by atoms with Crippen molar-refractivity contribution in [2.24, 2.45) is 0 Å². The van der Waals surface area contributed by atoms with E-state index in [0.29, 0.717) is 10.6 Å². The van der Waals surface area contributed by atoms with Crippen molar-refractivity contribution in [2.45, 2.75) is 38.3 Å². The zero-order valence-corrected chi connectivity index (χ0v) is 15.6. The van der Waals surface area contributed by atoms with E-state index in [4.69, 9.17) is 0 Å².